The summed E-state index contributed by atoms with van der Waals surface area (Å²) in [5.74, 6) is 1.92. The van der Waals surface area contributed by atoms with Gasteiger partial charge in [-0.15, -0.1) is 21.5 Å². The SMILES string of the molecule is CC1CCc2c(sc3nc(CSc4nnc(N)s4)[nH]c(=O)c23)C1. The van der Waals surface area contributed by atoms with Gasteiger partial charge in [-0.1, -0.05) is 30.0 Å². The Kier molecular flexibility index (Phi) is 3.86. The van der Waals surface area contributed by atoms with Crippen LogP contribution in [0.15, 0.2) is 9.13 Å². The van der Waals surface area contributed by atoms with E-state index in [0.717, 1.165) is 33.8 Å². The lowest BCUT2D eigenvalue weighted by Crippen LogP contribution is -2.14. The standard InChI is InChI=1S/C14H15N5OS3/c1-6-2-3-7-8(4-6)22-12-10(7)11(20)16-9(17-12)5-21-14-19-18-13(15)23-14/h6H,2-5H2,1H3,(H2,15,18)(H,16,17,20). The summed E-state index contributed by atoms with van der Waals surface area (Å²) in [7, 11) is 0. The van der Waals surface area contributed by atoms with Crippen LogP contribution in [0.3, 0.4) is 0 Å². The molecule has 0 aliphatic heterocycles. The maximum Gasteiger partial charge on any atom is 0.259 e. The fourth-order valence-corrected chi connectivity index (χ4v) is 5.78. The first kappa shape index (κ1) is 15.1. The summed E-state index contributed by atoms with van der Waals surface area (Å²) in [6, 6.07) is 0. The van der Waals surface area contributed by atoms with Crippen LogP contribution in [0.1, 0.15) is 29.6 Å². The molecule has 0 saturated heterocycles. The second-order valence-electron chi connectivity index (χ2n) is 5.74. The van der Waals surface area contributed by atoms with E-state index in [9.17, 15) is 4.79 Å². The summed E-state index contributed by atoms with van der Waals surface area (Å²) < 4.78 is 0.782. The molecule has 0 radical (unpaired) electrons. The molecular formula is C14H15N5OS3. The smallest absolute Gasteiger partial charge is 0.259 e. The first-order valence-corrected chi connectivity index (χ1v) is 9.97. The van der Waals surface area contributed by atoms with Gasteiger partial charge >= 0.3 is 0 Å². The fraction of sp³-hybridized carbons (Fsp3) is 0.429. The van der Waals surface area contributed by atoms with Crippen LogP contribution in [0.5, 0.6) is 0 Å². The minimum Gasteiger partial charge on any atom is -0.374 e. The van der Waals surface area contributed by atoms with Gasteiger partial charge in [0, 0.05) is 4.88 Å². The summed E-state index contributed by atoms with van der Waals surface area (Å²) in [5.41, 5.74) is 6.77. The number of H-pyrrole nitrogens is 1. The molecule has 0 bridgehead atoms. The molecule has 3 aromatic heterocycles. The van der Waals surface area contributed by atoms with Crippen molar-refractivity contribution in [1.29, 1.82) is 0 Å². The van der Waals surface area contributed by atoms with Crippen molar-refractivity contribution in [3.8, 4) is 0 Å². The van der Waals surface area contributed by atoms with Crippen LogP contribution in [-0.2, 0) is 18.6 Å². The molecule has 1 unspecified atom stereocenters. The number of thioether (sulfide) groups is 1. The molecule has 0 aromatic carbocycles. The summed E-state index contributed by atoms with van der Waals surface area (Å²) in [6.07, 6.45) is 3.19. The molecule has 3 N–H and O–H groups in total. The van der Waals surface area contributed by atoms with Crippen LogP contribution in [0, 0.1) is 5.92 Å². The highest BCUT2D eigenvalue weighted by Gasteiger charge is 2.23. The first-order chi connectivity index (χ1) is 11.1. The second kappa shape index (κ2) is 5.88. The van der Waals surface area contributed by atoms with Gasteiger partial charge in [0.05, 0.1) is 11.1 Å². The number of aromatic amines is 1. The Labute approximate surface area is 144 Å². The van der Waals surface area contributed by atoms with Gasteiger partial charge in [-0.05, 0) is 30.7 Å². The lowest BCUT2D eigenvalue weighted by atomic mass is 9.89. The maximum atomic E-state index is 12.5. The van der Waals surface area contributed by atoms with Gasteiger partial charge in [-0.25, -0.2) is 4.98 Å². The van der Waals surface area contributed by atoms with Crippen LogP contribution in [0.2, 0.25) is 0 Å². The number of nitrogens with one attached hydrogen (secondary N) is 1. The van der Waals surface area contributed by atoms with E-state index in [4.69, 9.17) is 5.73 Å². The molecule has 3 aromatic rings. The van der Waals surface area contributed by atoms with E-state index in [-0.39, 0.29) is 5.56 Å². The van der Waals surface area contributed by atoms with Crippen molar-refractivity contribution in [2.75, 3.05) is 5.73 Å². The van der Waals surface area contributed by atoms with Crippen molar-refractivity contribution in [2.45, 2.75) is 36.3 Å². The number of nitrogens with two attached hydrogens (primary N) is 1. The zero-order chi connectivity index (χ0) is 16.0. The summed E-state index contributed by atoms with van der Waals surface area (Å²) in [6.45, 7) is 2.26. The Morgan fingerprint density at radius 2 is 2.26 bits per heavy atom. The average Bonchev–Trinajstić information content (AvgIpc) is 3.07. The number of anilines is 1. The number of nitrogen functional groups attached to an aromatic ring is 1. The lowest BCUT2D eigenvalue weighted by Gasteiger charge is -2.17. The van der Waals surface area contributed by atoms with Crippen LogP contribution in [0.4, 0.5) is 5.13 Å². The summed E-state index contributed by atoms with van der Waals surface area (Å²) in [4.78, 5) is 22.3. The van der Waals surface area contributed by atoms with Crippen molar-refractivity contribution in [3.63, 3.8) is 0 Å². The van der Waals surface area contributed by atoms with E-state index in [2.05, 4.69) is 27.1 Å². The van der Waals surface area contributed by atoms with Gasteiger partial charge < -0.3 is 10.7 Å². The van der Waals surface area contributed by atoms with Gasteiger partial charge in [0.1, 0.15) is 10.7 Å². The molecule has 1 aliphatic rings. The summed E-state index contributed by atoms with van der Waals surface area (Å²) >= 11 is 4.49. The molecular weight excluding hydrogens is 350 g/mol. The molecule has 0 spiro atoms. The van der Waals surface area contributed by atoms with Crippen molar-refractivity contribution in [3.05, 3.63) is 26.6 Å². The van der Waals surface area contributed by atoms with Gasteiger partial charge in [0.15, 0.2) is 4.34 Å². The Hall–Kier alpha value is -1.45. The highest BCUT2D eigenvalue weighted by atomic mass is 32.2. The van der Waals surface area contributed by atoms with Crippen molar-refractivity contribution >= 4 is 49.8 Å². The molecule has 9 heteroatoms. The minimum atomic E-state index is -0.0190. The molecule has 0 fully saturated rings. The highest BCUT2D eigenvalue weighted by Crippen LogP contribution is 2.36. The quantitative estimate of drug-likeness (QED) is 0.693. The minimum absolute atomic E-state index is 0.0190. The summed E-state index contributed by atoms with van der Waals surface area (Å²) in [5, 5.41) is 8.99. The van der Waals surface area contributed by atoms with Crippen LogP contribution >= 0.6 is 34.4 Å². The molecule has 1 atom stereocenters. The Bertz CT molecular complexity index is 928. The zero-order valence-electron chi connectivity index (χ0n) is 12.5. The topological polar surface area (TPSA) is 97.5 Å². The maximum absolute atomic E-state index is 12.5. The van der Waals surface area contributed by atoms with Gasteiger partial charge in [-0.3, -0.25) is 4.79 Å². The Balaban J connectivity index is 1.66. The lowest BCUT2D eigenvalue weighted by molar-refractivity contribution is 0.509. The molecule has 4 rings (SSSR count). The third-order valence-corrected chi connectivity index (χ3v) is 7.01. The molecule has 120 valence electrons. The normalized spacial score (nSPS) is 17.5. The zero-order valence-corrected chi connectivity index (χ0v) is 14.9. The average molecular weight is 366 g/mol. The highest BCUT2D eigenvalue weighted by molar-refractivity contribution is 8.00. The van der Waals surface area contributed by atoms with E-state index in [1.54, 1.807) is 11.3 Å². The molecule has 0 saturated carbocycles. The van der Waals surface area contributed by atoms with E-state index >= 15 is 0 Å². The van der Waals surface area contributed by atoms with Gasteiger partial charge in [0.2, 0.25) is 5.13 Å². The van der Waals surface area contributed by atoms with Gasteiger partial charge in [0.25, 0.3) is 5.56 Å². The van der Waals surface area contributed by atoms with E-state index < -0.39 is 0 Å². The number of rotatable bonds is 3. The monoisotopic (exact) mass is 365 g/mol. The van der Waals surface area contributed by atoms with Crippen LogP contribution in [-0.4, -0.2) is 20.2 Å². The fourth-order valence-electron chi connectivity index (χ4n) is 2.87. The largest absolute Gasteiger partial charge is 0.374 e. The Morgan fingerprint density at radius 1 is 1.39 bits per heavy atom. The molecule has 3 heterocycles. The molecule has 23 heavy (non-hydrogen) atoms. The number of hydrogen-bond donors (Lipinski definition) is 2. The Morgan fingerprint density at radius 3 is 3.04 bits per heavy atom. The van der Waals surface area contributed by atoms with Crippen LogP contribution < -0.4 is 11.3 Å². The predicted molar refractivity (Wildman–Crippen MR) is 95.3 cm³/mol. The number of thiophene rings is 1. The number of aryl methyl sites for hydroxylation is 1. The number of hydrogen-bond acceptors (Lipinski definition) is 8. The molecule has 6 nitrogen and oxygen atoms in total. The number of nitrogens with zero attached hydrogens (tertiary/aromatic N) is 3. The van der Waals surface area contributed by atoms with Crippen molar-refractivity contribution in [2.24, 2.45) is 5.92 Å². The number of fused-ring (bicyclic) bond motifs is 3. The van der Waals surface area contributed by atoms with Crippen LogP contribution in [0.25, 0.3) is 10.2 Å². The third kappa shape index (κ3) is 2.88. The van der Waals surface area contributed by atoms with E-state index in [1.165, 1.54) is 33.5 Å². The number of aromatic nitrogens is 4. The third-order valence-electron chi connectivity index (χ3n) is 3.97. The second-order valence-corrected chi connectivity index (χ2v) is 9.05. The first-order valence-electron chi connectivity index (χ1n) is 7.35. The van der Waals surface area contributed by atoms with Crippen molar-refractivity contribution in [1.82, 2.24) is 20.2 Å². The van der Waals surface area contributed by atoms with Gasteiger partial charge in [-0.2, -0.15) is 0 Å². The van der Waals surface area contributed by atoms with Crippen molar-refractivity contribution < 1.29 is 0 Å². The van der Waals surface area contributed by atoms with E-state index in [1.807, 2.05) is 0 Å². The van der Waals surface area contributed by atoms with E-state index in [0.29, 0.717) is 22.6 Å². The molecule has 1 aliphatic carbocycles. The predicted octanol–water partition coefficient (Wildman–Crippen LogP) is 2.84. The molecule has 0 amide bonds.